The third-order valence-electron chi connectivity index (χ3n) is 3.81. The molecule has 138 valence electrons. The van der Waals surface area contributed by atoms with Crippen LogP contribution in [0.2, 0.25) is 0 Å². The fourth-order valence-corrected chi connectivity index (χ4v) is 2.39. The van der Waals surface area contributed by atoms with Crippen LogP contribution in [0.3, 0.4) is 0 Å². The van der Waals surface area contributed by atoms with Crippen LogP contribution in [0, 0.1) is 5.82 Å². The van der Waals surface area contributed by atoms with E-state index in [-0.39, 0.29) is 31.2 Å². The molecule has 0 saturated heterocycles. The highest BCUT2D eigenvalue weighted by Gasteiger charge is 2.06. The summed E-state index contributed by atoms with van der Waals surface area (Å²) in [6.45, 7) is 0.335. The SMILES string of the molecule is O=C(CCn1ccc(=O)[nH]c1=O)NCc1cc(-c2ccc(F)cc2)ncn1. The third-order valence-corrected chi connectivity index (χ3v) is 3.81. The molecule has 0 bridgehead atoms. The highest BCUT2D eigenvalue weighted by molar-refractivity contribution is 5.75. The largest absolute Gasteiger partial charge is 0.350 e. The average molecular weight is 369 g/mol. The van der Waals surface area contributed by atoms with Crippen molar-refractivity contribution in [1.82, 2.24) is 24.8 Å². The second kappa shape index (κ2) is 8.17. The Kier molecular flexibility index (Phi) is 5.50. The molecule has 27 heavy (non-hydrogen) atoms. The number of nitrogens with zero attached hydrogens (tertiary/aromatic N) is 3. The number of rotatable bonds is 6. The van der Waals surface area contributed by atoms with Gasteiger partial charge in [0.05, 0.1) is 17.9 Å². The predicted molar refractivity (Wildman–Crippen MR) is 95.2 cm³/mol. The zero-order valence-corrected chi connectivity index (χ0v) is 14.2. The van der Waals surface area contributed by atoms with Gasteiger partial charge in [-0.15, -0.1) is 0 Å². The number of carbonyl (C=O) groups is 1. The number of aromatic nitrogens is 4. The zero-order chi connectivity index (χ0) is 19.2. The minimum Gasteiger partial charge on any atom is -0.350 e. The molecule has 0 atom stereocenters. The third kappa shape index (κ3) is 4.94. The number of nitrogens with one attached hydrogen (secondary N) is 2. The Bertz CT molecular complexity index is 1060. The van der Waals surface area contributed by atoms with Crippen LogP contribution >= 0.6 is 0 Å². The van der Waals surface area contributed by atoms with E-state index in [1.54, 1.807) is 18.2 Å². The summed E-state index contributed by atoms with van der Waals surface area (Å²) in [6, 6.07) is 8.84. The normalized spacial score (nSPS) is 10.6. The molecule has 0 radical (unpaired) electrons. The number of amides is 1. The first-order valence-electron chi connectivity index (χ1n) is 8.14. The molecule has 0 spiro atoms. The molecule has 0 aliphatic rings. The summed E-state index contributed by atoms with van der Waals surface area (Å²) >= 11 is 0. The van der Waals surface area contributed by atoms with Gasteiger partial charge in [0.15, 0.2) is 0 Å². The summed E-state index contributed by atoms with van der Waals surface area (Å²) in [4.78, 5) is 44.9. The van der Waals surface area contributed by atoms with Crippen molar-refractivity contribution in [1.29, 1.82) is 0 Å². The fourth-order valence-electron chi connectivity index (χ4n) is 2.39. The number of halogens is 1. The topological polar surface area (TPSA) is 110 Å². The Morgan fingerprint density at radius 2 is 1.93 bits per heavy atom. The number of aromatic amines is 1. The molecule has 8 nitrogen and oxygen atoms in total. The molecule has 0 aliphatic carbocycles. The Balaban J connectivity index is 1.57. The average Bonchev–Trinajstić information content (AvgIpc) is 2.66. The van der Waals surface area contributed by atoms with E-state index in [9.17, 15) is 18.8 Å². The van der Waals surface area contributed by atoms with Gasteiger partial charge < -0.3 is 9.88 Å². The molecule has 9 heteroatoms. The monoisotopic (exact) mass is 369 g/mol. The number of H-pyrrole nitrogens is 1. The summed E-state index contributed by atoms with van der Waals surface area (Å²) in [5.41, 5.74) is 0.910. The molecule has 0 saturated carbocycles. The van der Waals surface area contributed by atoms with Gasteiger partial charge in [0.25, 0.3) is 5.56 Å². The Hall–Kier alpha value is -3.62. The molecule has 0 unspecified atom stereocenters. The fraction of sp³-hybridized carbons (Fsp3) is 0.167. The quantitative estimate of drug-likeness (QED) is 0.669. The van der Waals surface area contributed by atoms with E-state index in [0.717, 1.165) is 5.56 Å². The summed E-state index contributed by atoms with van der Waals surface area (Å²) < 4.78 is 14.3. The summed E-state index contributed by atoms with van der Waals surface area (Å²) in [6.07, 6.45) is 2.79. The van der Waals surface area contributed by atoms with Crippen LogP contribution < -0.4 is 16.6 Å². The van der Waals surface area contributed by atoms with Crippen molar-refractivity contribution in [3.05, 3.63) is 81.3 Å². The lowest BCUT2D eigenvalue weighted by Gasteiger charge is -2.07. The lowest BCUT2D eigenvalue weighted by molar-refractivity contribution is -0.121. The molecular weight excluding hydrogens is 353 g/mol. The van der Waals surface area contributed by atoms with Gasteiger partial charge in [-0.25, -0.2) is 19.2 Å². The Morgan fingerprint density at radius 1 is 1.15 bits per heavy atom. The Labute approximate surface area is 152 Å². The van der Waals surface area contributed by atoms with Gasteiger partial charge in [0.2, 0.25) is 5.91 Å². The summed E-state index contributed by atoms with van der Waals surface area (Å²) in [5.74, 6) is -0.600. The van der Waals surface area contributed by atoms with Crippen molar-refractivity contribution in [2.45, 2.75) is 19.5 Å². The van der Waals surface area contributed by atoms with Crippen LogP contribution in [-0.4, -0.2) is 25.4 Å². The number of aryl methyl sites for hydroxylation is 1. The van der Waals surface area contributed by atoms with Gasteiger partial charge in [-0.1, -0.05) is 0 Å². The standard InChI is InChI=1S/C18H16FN5O3/c19-13-3-1-12(2-4-13)15-9-14(21-11-22-15)10-20-16(25)5-7-24-8-6-17(26)23-18(24)27/h1-4,6,8-9,11H,5,7,10H2,(H,20,25)(H,23,26,27). The first-order valence-corrected chi connectivity index (χ1v) is 8.14. The van der Waals surface area contributed by atoms with Gasteiger partial charge in [-0.2, -0.15) is 0 Å². The molecule has 3 rings (SSSR count). The van der Waals surface area contributed by atoms with Crippen LogP contribution in [-0.2, 0) is 17.9 Å². The second-order valence-corrected chi connectivity index (χ2v) is 5.73. The zero-order valence-electron chi connectivity index (χ0n) is 14.2. The lowest BCUT2D eigenvalue weighted by Crippen LogP contribution is -2.31. The van der Waals surface area contributed by atoms with E-state index in [4.69, 9.17) is 0 Å². The van der Waals surface area contributed by atoms with E-state index in [1.807, 2.05) is 0 Å². The molecule has 1 aromatic carbocycles. The van der Waals surface area contributed by atoms with Crippen molar-refractivity contribution in [3.8, 4) is 11.3 Å². The molecule has 0 fully saturated rings. The van der Waals surface area contributed by atoms with Crippen molar-refractivity contribution >= 4 is 5.91 Å². The second-order valence-electron chi connectivity index (χ2n) is 5.73. The predicted octanol–water partition coefficient (Wildman–Crippen LogP) is 0.839. The maximum absolute atomic E-state index is 13.0. The van der Waals surface area contributed by atoms with Crippen LogP contribution in [0.15, 0.2) is 58.5 Å². The van der Waals surface area contributed by atoms with Gasteiger partial charge in [-0.05, 0) is 30.3 Å². The van der Waals surface area contributed by atoms with Crippen molar-refractivity contribution in [2.75, 3.05) is 0 Å². The van der Waals surface area contributed by atoms with Crippen LogP contribution in [0.5, 0.6) is 0 Å². The number of benzene rings is 1. The first-order chi connectivity index (χ1) is 13.0. The van der Waals surface area contributed by atoms with E-state index < -0.39 is 11.2 Å². The van der Waals surface area contributed by atoms with Gasteiger partial charge in [0, 0.05) is 30.8 Å². The van der Waals surface area contributed by atoms with E-state index in [2.05, 4.69) is 20.3 Å². The molecule has 2 heterocycles. The van der Waals surface area contributed by atoms with Crippen molar-refractivity contribution in [2.24, 2.45) is 0 Å². The Morgan fingerprint density at radius 3 is 2.67 bits per heavy atom. The van der Waals surface area contributed by atoms with Crippen molar-refractivity contribution in [3.63, 3.8) is 0 Å². The molecule has 2 aromatic heterocycles. The van der Waals surface area contributed by atoms with E-state index in [0.29, 0.717) is 11.4 Å². The number of carbonyl (C=O) groups excluding carboxylic acids is 1. The highest BCUT2D eigenvalue weighted by atomic mass is 19.1. The molecule has 3 aromatic rings. The van der Waals surface area contributed by atoms with Gasteiger partial charge in [0.1, 0.15) is 12.1 Å². The first kappa shape index (κ1) is 18.2. The smallest absolute Gasteiger partial charge is 0.328 e. The van der Waals surface area contributed by atoms with E-state index >= 15 is 0 Å². The summed E-state index contributed by atoms with van der Waals surface area (Å²) in [5, 5.41) is 2.71. The van der Waals surface area contributed by atoms with Crippen LogP contribution in [0.1, 0.15) is 12.1 Å². The minimum absolute atomic E-state index is 0.0713. The van der Waals surface area contributed by atoms with Crippen molar-refractivity contribution < 1.29 is 9.18 Å². The molecular formula is C18H16FN5O3. The van der Waals surface area contributed by atoms with E-state index in [1.165, 1.54) is 35.3 Å². The maximum atomic E-state index is 13.0. The van der Waals surface area contributed by atoms with Gasteiger partial charge in [-0.3, -0.25) is 14.6 Å². The number of hydrogen-bond donors (Lipinski definition) is 2. The van der Waals surface area contributed by atoms with Crippen LogP contribution in [0.4, 0.5) is 4.39 Å². The minimum atomic E-state index is -0.560. The highest BCUT2D eigenvalue weighted by Crippen LogP contribution is 2.17. The number of hydrogen-bond acceptors (Lipinski definition) is 5. The molecule has 0 aliphatic heterocycles. The van der Waals surface area contributed by atoms with Gasteiger partial charge >= 0.3 is 5.69 Å². The van der Waals surface area contributed by atoms with Crippen LogP contribution in [0.25, 0.3) is 11.3 Å². The summed E-state index contributed by atoms with van der Waals surface area (Å²) in [7, 11) is 0. The maximum Gasteiger partial charge on any atom is 0.328 e. The molecule has 1 amide bonds. The molecule has 2 N–H and O–H groups in total. The lowest BCUT2D eigenvalue weighted by atomic mass is 10.1.